The van der Waals surface area contributed by atoms with E-state index in [9.17, 15) is 26.4 Å². The van der Waals surface area contributed by atoms with Crippen molar-refractivity contribution in [2.75, 3.05) is 0 Å². The fraction of sp³-hybridized carbons (Fsp3) is 0.682. The van der Waals surface area contributed by atoms with E-state index in [0.29, 0.717) is 25.3 Å². The van der Waals surface area contributed by atoms with E-state index in [0.717, 1.165) is 37.8 Å². The van der Waals surface area contributed by atoms with Crippen molar-refractivity contribution in [2.24, 2.45) is 17.6 Å². The van der Waals surface area contributed by atoms with Gasteiger partial charge in [0.1, 0.15) is 0 Å². The summed E-state index contributed by atoms with van der Waals surface area (Å²) in [5.74, 6) is -0.0991. The zero-order chi connectivity index (χ0) is 23.0. The van der Waals surface area contributed by atoms with E-state index >= 15 is 0 Å². The molecule has 2 aliphatic rings. The molecule has 174 valence electrons. The van der Waals surface area contributed by atoms with Gasteiger partial charge in [0.15, 0.2) is 9.84 Å². The highest BCUT2D eigenvalue weighted by atomic mass is 32.2. The lowest BCUT2D eigenvalue weighted by Gasteiger charge is -2.41. The van der Waals surface area contributed by atoms with Gasteiger partial charge in [-0.1, -0.05) is 18.9 Å². The van der Waals surface area contributed by atoms with E-state index < -0.39 is 26.3 Å². The van der Waals surface area contributed by atoms with Crippen LogP contribution in [0.25, 0.3) is 0 Å². The average molecular weight is 461 g/mol. The van der Waals surface area contributed by atoms with Gasteiger partial charge in [0, 0.05) is 12.1 Å². The highest BCUT2D eigenvalue weighted by molar-refractivity contribution is 7.92. The van der Waals surface area contributed by atoms with Crippen molar-refractivity contribution in [1.29, 1.82) is 0 Å². The number of halogens is 3. The monoisotopic (exact) mass is 460 g/mol. The third-order valence-corrected chi connectivity index (χ3v) is 9.21. The summed E-state index contributed by atoms with van der Waals surface area (Å²) in [7, 11) is -3.96. The molecule has 0 bridgehead atoms. The Morgan fingerprint density at radius 3 is 2.42 bits per heavy atom. The molecular weight excluding hydrogens is 429 g/mol. The zero-order valence-electron chi connectivity index (χ0n) is 17.9. The molecule has 0 unspecified atom stereocenters. The minimum atomic E-state index is -4.60. The first-order valence-electron chi connectivity index (χ1n) is 10.8. The number of hydrogen-bond acceptors (Lipinski definition) is 4. The SMILES string of the molecule is CC(C)(C[C@H]1C[C@@H](NC(=O)[C@H]2CCCC[C@@H]2N)C1)S(=O)(=O)c1cccc(C(F)(F)F)c1. The number of carbonyl (C=O) groups excluding carboxylic acids is 1. The van der Waals surface area contributed by atoms with E-state index in [4.69, 9.17) is 5.73 Å². The summed E-state index contributed by atoms with van der Waals surface area (Å²) < 4.78 is 63.9. The van der Waals surface area contributed by atoms with Gasteiger partial charge >= 0.3 is 6.18 Å². The van der Waals surface area contributed by atoms with Crippen molar-refractivity contribution in [1.82, 2.24) is 5.32 Å². The van der Waals surface area contributed by atoms with Gasteiger partial charge in [0.05, 0.1) is 21.1 Å². The quantitative estimate of drug-likeness (QED) is 0.670. The molecule has 0 saturated heterocycles. The number of hydrogen-bond donors (Lipinski definition) is 2. The van der Waals surface area contributed by atoms with Crippen LogP contribution in [0.15, 0.2) is 29.2 Å². The average Bonchev–Trinajstić information content (AvgIpc) is 2.65. The molecule has 0 radical (unpaired) electrons. The predicted molar refractivity (Wildman–Crippen MR) is 112 cm³/mol. The van der Waals surface area contributed by atoms with Crippen molar-refractivity contribution < 1.29 is 26.4 Å². The van der Waals surface area contributed by atoms with Crippen LogP contribution in [0.3, 0.4) is 0 Å². The van der Waals surface area contributed by atoms with E-state index in [1.807, 2.05) is 0 Å². The van der Waals surface area contributed by atoms with Gasteiger partial charge in [0.25, 0.3) is 0 Å². The molecule has 9 heteroatoms. The molecule has 3 rings (SSSR count). The second-order valence-electron chi connectivity index (χ2n) is 9.59. The third kappa shape index (κ3) is 5.25. The van der Waals surface area contributed by atoms with E-state index in [1.54, 1.807) is 13.8 Å². The second kappa shape index (κ2) is 8.73. The summed E-state index contributed by atoms with van der Waals surface area (Å²) in [6, 6.07) is 3.79. The molecule has 1 aromatic carbocycles. The van der Waals surface area contributed by atoms with Crippen molar-refractivity contribution in [3.63, 3.8) is 0 Å². The number of rotatable bonds is 6. The Hall–Kier alpha value is -1.61. The lowest BCUT2D eigenvalue weighted by molar-refractivity contribution is -0.137. The highest BCUT2D eigenvalue weighted by Gasteiger charge is 2.43. The van der Waals surface area contributed by atoms with Crippen molar-refractivity contribution >= 4 is 15.7 Å². The molecule has 0 spiro atoms. The molecule has 2 fully saturated rings. The Bertz CT molecular complexity index is 909. The van der Waals surface area contributed by atoms with Crippen LogP contribution < -0.4 is 11.1 Å². The smallest absolute Gasteiger partial charge is 0.353 e. The van der Waals surface area contributed by atoms with Crippen LogP contribution in [0, 0.1) is 11.8 Å². The number of alkyl halides is 3. The molecular formula is C22H31F3N2O3S. The van der Waals surface area contributed by atoms with Gasteiger partial charge in [-0.3, -0.25) is 4.79 Å². The van der Waals surface area contributed by atoms with E-state index in [1.165, 1.54) is 6.07 Å². The first-order valence-corrected chi connectivity index (χ1v) is 12.3. The van der Waals surface area contributed by atoms with Crippen molar-refractivity contribution in [2.45, 2.75) is 86.7 Å². The molecule has 3 N–H and O–H groups in total. The Balaban J connectivity index is 1.58. The Morgan fingerprint density at radius 1 is 1.16 bits per heavy atom. The molecule has 1 aromatic rings. The molecule has 2 atom stereocenters. The standard InChI is InChI=1S/C22H31F3N2O3S/c1-21(2,31(29,30)17-7-5-6-15(12-17)22(23,24)25)13-14-10-16(11-14)27-20(28)18-8-3-4-9-19(18)26/h5-7,12,14,16,18-19H,3-4,8-11,13,26H2,1-2H3,(H,27,28)/t14-,16+,18-,19-/m0/s1. The Labute approximate surface area is 181 Å². The molecule has 2 aliphatic carbocycles. The fourth-order valence-electron chi connectivity index (χ4n) is 4.78. The minimum Gasteiger partial charge on any atom is -0.353 e. The number of amides is 1. The molecule has 5 nitrogen and oxygen atoms in total. The number of nitrogens with two attached hydrogens (primary N) is 1. The van der Waals surface area contributed by atoms with E-state index in [2.05, 4.69) is 5.32 Å². The number of benzene rings is 1. The predicted octanol–water partition coefficient (Wildman–Crippen LogP) is 4.06. The lowest BCUT2D eigenvalue weighted by Crippen LogP contribution is -2.51. The summed E-state index contributed by atoms with van der Waals surface area (Å²) in [6.45, 7) is 3.10. The first kappa shape index (κ1) is 24.0. The van der Waals surface area contributed by atoms with Crippen LogP contribution in [0.1, 0.15) is 64.4 Å². The third-order valence-electron chi connectivity index (χ3n) is 6.72. The Morgan fingerprint density at radius 2 is 1.81 bits per heavy atom. The van der Waals surface area contributed by atoms with Crippen LogP contribution in [0.5, 0.6) is 0 Å². The summed E-state index contributed by atoms with van der Waals surface area (Å²) in [5, 5.41) is 3.03. The minimum absolute atomic E-state index is 0.00121. The molecule has 2 saturated carbocycles. The topological polar surface area (TPSA) is 89.3 Å². The highest BCUT2D eigenvalue weighted by Crippen LogP contribution is 2.40. The normalized spacial score (nSPS) is 27.4. The van der Waals surface area contributed by atoms with Gasteiger partial charge in [-0.2, -0.15) is 13.2 Å². The summed E-state index contributed by atoms with van der Waals surface area (Å²) >= 11 is 0. The zero-order valence-corrected chi connectivity index (χ0v) is 18.7. The summed E-state index contributed by atoms with van der Waals surface area (Å²) in [6.07, 6.45) is 0.742. The first-order chi connectivity index (χ1) is 14.3. The van der Waals surface area contributed by atoms with E-state index in [-0.39, 0.29) is 34.7 Å². The molecule has 0 aliphatic heterocycles. The van der Waals surface area contributed by atoms with Gasteiger partial charge in [-0.15, -0.1) is 0 Å². The fourth-order valence-corrected chi connectivity index (χ4v) is 6.41. The maximum atomic E-state index is 13.1. The largest absolute Gasteiger partial charge is 0.416 e. The van der Waals surface area contributed by atoms with Gasteiger partial charge in [-0.05, 0) is 70.1 Å². The molecule has 0 heterocycles. The molecule has 1 amide bonds. The van der Waals surface area contributed by atoms with Crippen molar-refractivity contribution in [3.05, 3.63) is 29.8 Å². The van der Waals surface area contributed by atoms with Crippen LogP contribution in [-0.4, -0.2) is 31.2 Å². The number of carbonyl (C=O) groups is 1. The molecule has 31 heavy (non-hydrogen) atoms. The summed E-state index contributed by atoms with van der Waals surface area (Å²) in [4.78, 5) is 12.2. The van der Waals surface area contributed by atoms with Crippen LogP contribution in [-0.2, 0) is 20.8 Å². The van der Waals surface area contributed by atoms with Crippen LogP contribution >= 0.6 is 0 Å². The Kier molecular flexibility index (Phi) is 6.77. The van der Waals surface area contributed by atoms with Gasteiger partial charge in [-0.25, -0.2) is 8.42 Å². The second-order valence-corrected chi connectivity index (χ2v) is 12.2. The van der Waals surface area contributed by atoms with Crippen LogP contribution in [0.4, 0.5) is 13.2 Å². The summed E-state index contributed by atoms with van der Waals surface area (Å²) in [5.41, 5.74) is 5.09. The van der Waals surface area contributed by atoms with Crippen molar-refractivity contribution in [3.8, 4) is 0 Å². The van der Waals surface area contributed by atoms with Gasteiger partial charge in [0.2, 0.25) is 5.91 Å². The maximum Gasteiger partial charge on any atom is 0.416 e. The maximum absolute atomic E-state index is 13.1. The molecule has 0 aromatic heterocycles. The van der Waals surface area contributed by atoms with Crippen LogP contribution in [0.2, 0.25) is 0 Å². The lowest BCUT2D eigenvalue weighted by atomic mass is 9.75. The number of nitrogens with one attached hydrogen (secondary N) is 1. The number of sulfone groups is 1. The van der Waals surface area contributed by atoms with Gasteiger partial charge < -0.3 is 11.1 Å².